The van der Waals surface area contributed by atoms with Crippen molar-refractivity contribution in [3.63, 3.8) is 0 Å². The number of amides is 2. The van der Waals surface area contributed by atoms with Crippen molar-refractivity contribution in [2.75, 3.05) is 7.11 Å². The number of benzene rings is 4. The number of hydrazone groups is 1. The monoisotopic (exact) mass is 722 g/mol. The minimum absolute atomic E-state index is 0.160. The van der Waals surface area contributed by atoms with Gasteiger partial charge in [-0.15, -0.1) is 0 Å². The quantitative estimate of drug-likeness (QED) is 0.115. The summed E-state index contributed by atoms with van der Waals surface area (Å²) in [4.78, 5) is 26.3. The molecule has 0 spiro atoms. The molecule has 0 aliphatic rings. The Labute approximate surface area is 285 Å². The minimum atomic E-state index is -0.966. The molecule has 12 heteroatoms. The first kappa shape index (κ1) is 34.3. The standard InChI is InChI=1S/C34H29BrCl2N4O5/c1-21(46-30-13-12-26(36)17-28(30)37)33(42)40-29(15-22-8-4-3-5-9-22)34(43)41-39-19-23-14-27(35)32(31(16-23)44-2)45-20-25-11-7-6-10-24(25)18-38/h3-14,16-17,19,21,29H,15,20H2,1-2H3,(H,40,42)(H,41,43)/b39-19-/t21-,29+/m1/s1. The number of carbonyl (C=O) groups excluding carboxylic acids is 2. The van der Waals surface area contributed by atoms with Gasteiger partial charge in [0, 0.05) is 17.0 Å². The molecule has 0 bridgehead atoms. The Morgan fingerprint density at radius 1 is 1.00 bits per heavy atom. The number of carbonyl (C=O) groups is 2. The fourth-order valence-corrected chi connectivity index (χ4v) is 5.30. The van der Waals surface area contributed by atoms with E-state index in [1.54, 1.807) is 43.3 Å². The summed E-state index contributed by atoms with van der Waals surface area (Å²) in [6, 6.07) is 25.7. The van der Waals surface area contributed by atoms with Crippen LogP contribution in [0.3, 0.4) is 0 Å². The molecule has 0 fully saturated rings. The summed E-state index contributed by atoms with van der Waals surface area (Å²) in [5.41, 5.74) is 5.20. The second kappa shape index (κ2) is 16.7. The molecular weight excluding hydrogens is 695 g/mol. The molecule has 4 aromatic rings. The predicted octanol–water partition coefficient (Wildman–Crippen LogP) is 6.86. The Bertz CT molecular complexity index is 1760. The van der Waals surface area contributed by atoms with Crippen LogP contribution >= 0.6 is 39.1 Å². The number of hydrogen-bond acceptors (Lipinski definition) is 7. The van der Waals surface area contributed by atoms with Crippen LogP contribution in [0.25, 0.3) is 0 Å². The molecule has 0 saturated carbocycles. The molecule has 0 unspecified atom stereocenters. The number of hydrogen-bond donors (Lipinski definition) is 2. The zero-order valence-electron chi connectivity index (χ0n) is 24.8. The summed E-state index contributed by atoms with van der Waals surface area (Å²) in [5, 5.41) is 16.9. The smallest absolute Gasteiger partial charge is 0.262 e. The lowest BCUT2D eigenvalue weighted by Gasteiger charge is -2.21. The lowest BCUT2D eigenvalue weighted by molar-refractivity contribution is -0.132. The second-order valence-electron chi connectivity index (χ2n) is 9.91. The SMILES string of the molecule is COc1cc(/C=N\NC(=O)[C@H](Cc2ccccc2)NC(=O)[C@@H](C)Oc2ccc(Cl)cc2Cl)cc(Br)c1OCc1ccccc1C#N. The molecule has 2 N–H and O–H groups in total. The molecule has 0 radical (unpaired) electrons. The van der Waals surface area contributed by atoms with Crippen LogP contribution in [0.15, 0.2) is 94.5 Å². The Hall–Kier alpha value is -4.56. The highest BCUT2D eigenvalue weighted by molar-refractivity contribution is 9.10. The number of nitrogens with one attached hydrogen (secondary N) is 2. The van der Waals surface area contributed by atoms with Crippen molar-refractivity contribution < 1.29 is 23.8 Å². The van der Waals surface area contributed by atoms with Gasteiger partial charge in [-0.2, -0.15) is 10.4 Å². The van der Waals surface area contributed by atoms with E-state index in [9.17, 15) is 14.9 Å². The largest absolute Gasteiger partial charge is 0.493 e. The van der Waals surface area contributed by atoms with Crippen molar-refractivity contribution >= 4 is 57.2 Å². The second-order valence-corrected chi connectivity index (χ2v) is 11.6. The Morgan fingerprint density at radius 3 is 2.46 bits per heavy atom. The topological polar surface area (TPSA) is 122 Å². The van der Waals surface area contributed by atoms with Gasteiger partial charge in [0.15, 0.2) is 17.6 Å². The third-order valence-electron chi connectivity index (χ3n) is 6.63. The predicted molar refractivity (Wildman–Crippen MR) is 181 cm³/mol. The summed E-state index contributed by atoms with van der Waals surface area (Å²) in [7, 11) is 1.50. The zero-order chi connectivity index (χ0) is 33.1. The summed E-state index contributed by atoms with van der Waals surface area (Å²) < 4.78 is 17.8. The molecule has 0 aliphatic carbocycles. The highest BCUT2D eigenvalue weighted by atomic mass is 79.9. The molecule has 46 heavy (non-hydrogen) atoms. The Kier molecular flexibility index (Phi) is 12.4. The number of rotatable bonds is 13. The lowest BCUT2D eigenvalue weighted by Crippen LogP contribution is -2.50. The fourth-order valence-electron chi connectivity index (χ4n) is 4.27. The number of ether oxygens (including phenoxy) is 3. The maximum atomic E-state index is 13.3. The van der Waals surface area contributed by atoms with Crippen LogP contribution in [-0.2, 0) is 22.6 Å². The van der Waals surface area contributed by atoms with E-state index in [1.165, 1.54) is 19.4 Å². The molecule has 9 nitrogen and oxygen atoms in total. The number of nitriles is 1. The number of halogens is 3. The van der Waals surface area contributed by atoms with Crippen molar-refractivity contribution in [1.29, 1.82) is 5.26 Å². The van der Waals surface area contributed by atoms with E-state index < -0.39 is 24.0 Å². The Morgan fingerprint density at radius 2 is 1.74 bits per heavy atom. The maximum Gasteiger partial charge on any atom is 0.262 e. The van der Waals surface area contributed by atoms with E-state index in [-0.39, 0.29) is 23.8 Å². The molecule has 0 heterocycles. The van der Waals surface area contributed by atoms with Gasteiger partial charge in [0.2, 0.25) is 0 Å². The van der Waals surface area contributed by atoms with Crippen LogP contribution in [0, 0.1) is 11.3 Å². The van der Waals surface area contributed by atoms with Gasteiger partial charge in [-0.1, -0.05) is 71.7 Å². The van der Waals surface area contributed by atoms with Gasteiger partial charge in [-0.3, -0.25) is 9.59 Å². The summed E-state index contributed by atoms with van der Waals surface area (Å²) in [6.45, 7) is 1.71. The van der Waals surface area contributed by atoms with Gasteiger partial charge in [-0.05, 0) is 70.4 Å². The van der Waals surface area contributed by atoms with Crippen LogP contribution in [-0.4, -0.2) is 37.3 Å². The average Bonchev–Trinajstić information content (AvgIpc) is 3.05. The molecular formula is C34H29BrCl2N4O5. The van der Waals surface area contributed by atoms with Crippen LogP contribution in [0.4, 0.5) is 0 Å². The molecule has 236 valence electrons. The maximum absolute atomic E-state index is 13.3. The Balaban J connectivity index is 1.44. The molecule has 4 rings (SSSR count). The van der Waals surface area contributed by atoms with Gasteiger partial charge >= 0.3 is 0 Å². The van der Waals surface area contributed by atoms with E-state index in [2.05, 4.69) is 37.8 Å². The van der Waals surface area contributed by atoms with Gasteiger partial charge in [0.1, 0.15) is 18.4 Å². The molecule has 0 saturated heterocycles. The van der Waals surface area contributed by atoms with Gasteiger partial charge in [0.05, 0.1) is 34.5 Å². The van der Waals surface area contributed by atoms with E-state index in [1.807, 2.05) is 42.5 Å². The first-order valence-corrected chi connectivity index (χ1v) is 15.5. The van der Waals surface area contributed by atoms with Crippen LogP contribution in [0.2, 0.25) is 10.0 Å². The van der Waals surface area contributed by atoms with Gasteiger partial charge in [0.25, 0.3) is 11.8 Å². The third-order valence-corrected chi connectivity index (χ3v) is 7.75. The van der Waals surface area contributed by atoms with Crippen molar-refractivity contribution in [2.45, 2.75) is 32.1 Å². The van der Waals surface area contributed by atoms with Crippen LogP contribution in [0.1, 0.15) is 29.2 Å². The highest BCUT2D eigenvalue weighted by Crippen LogP contribution is 2.37. The molecule has 4 aromatic carbocycles. The highest BCUT2D eigenvalue weighted by Gasteiger charge is 2.25. The van der Waals surface area contributed by atoms with Crippen LogP contribution in [0.5, 0.6) is 17.2 Å². The number of methoxy groups -OCH3 is 1. The average molecular weight is 724 g/mol. The van der Waals surface area contributed by atoms with Crippen molar-refractivity contribution in [2.24, 2.45) is 5.10 Å². The minimum Gasteiger partial charge on any atom is -0.493 e. The zero-order valence-corrected chi connectivity index (χ0v) is 27.9. The molecule has 0 aromatic heterocycles. The first-order valence-electron chi connectivity index (χ1n) is 14.0. The van der Waals surface area contributed by atoms with E-state index in [0.29, 0.717) is 32.1 Å². The van der Waals surface area contributed by atoms with Crippen molar-refractivity contribution in [3.05, 3.63) is 122 Å². The van der Waals surface area contributed by atoms with E-state index in [4.69, 9.17) is 37.4 Å². The van der Waals surface area contributed by atoms with E-state index in [0.717, 1.165) is 11.1 Å². The van der Waals surface area contributed by atoms with Crippen LogP contribution < -0.4 is 25.0 Å². The van der Waals surface area contributed by atoms with Crippen molar-refractivity contribution in [3.8, 4) is 23.3 Å². The van der Waals surface area contributed by atoms with Crippen molar-refractivity contribution in [1.82, 2.24) is 10.7 Å². The number of nitrogens with zero attached hydrogens (tertiary/aromatic N) is 2. The summed E-state index contributed by atoms with van der Waals surface area (Å²) >= 11 is 15.6. The molecule has 2 amide bonds. The third kappa shape index (κ3) is 9.47. The van der Waals surface area contributed by atoms with Gasteiger partial charge < -0.3 is 19.5 Å². The van der Waals surface area contributed by atoms with E-state index >= 15 is 0 Å². The molecule has 0 aliphatic heterocycles. The normalized spacial score (nSPS) is 12.1. The first-order chi connectivity index (χ1) is 22.2. The molecule has 2 atom stereocenters. The summed E-state index contributed by atoms with van der Waals surface area (Å²) in [5.74, 6) is 0.0892. The fraction of sp³-hybridized carbons (Fsp3) is 0.176. The van der Waals surface area contributed by atoms with Gasteiger partial charge in [-0.25, -0.2) is 5.43 Å². The summed E-state index contributed by atoms with van der Waals surface area (Å²) in [6.07, 6.45) is 0.686. The lowest BCUT2D eigenvalue weighted by atomic mass is 10.1.